The summed E-state index contributed by atoms with van der Waals surface area (Å²) in [7, 11) is 0. The van der Waals surface area contributed by atoms with Crippen molar-refractivity contribution in [2.45, 2.75) is 19.6 Å². The van der Waals surface area contributed by atoms with E-state index in [1.54, 1.807) is 6.92 Å². The average Bonchev–Trinajstić information content (AvgIpc) is 3.12. The largest absolute Gasteiger partial charge is 0.491 e. The topological polar surface area (TPSA) is 92.9 Å². The van der Waals surface area contributed by atoms with Crippen LogP contribution in [0.2, 0.25) is 0 Å². The molecule has 2 N–H and O–H groups in total. The lowest BCUT2D eigenvalue weighted by Gasteiger charge is -2.28. The smallest absolute Gasteiger partial charge is 0.278 e. The Hall–Kier alpha value is -1.81. The second-order valence-electron chi connectivity index (χ2n) is 6.67. The Morgan fingerprint density at radius 1 is 1.25 bits per heavy atom. The van der Waals surface area contributed by atoms with Crippen LogP contribution in [0.5, 0.6) is 11.6 Å². The Labute approximate surface area is 169 Å². The molecule has 28 heavy (non-hydrogen) atoms. The summed E-state index contributed by atoms with van der Waals surface area (Å²) < 4.78 is 16.0. The lowest BCUT2D eigenvalue weighted by Crippen LogP contribution is -2.40. The van der Waals surface area contributed by atoms with Crippen LogP contribution in [0.1, 0.15) is 11.3 Å². The van der Waals surface area contributed by atoms with Crippen molar-refractivity contribution >= 4 is 11.8 Å². The maximum atomic E-state index is 10.3. The van der Waals surface area contributed by atoms with E-state index in [0.29, 0.717) is 44.4 Å². The van der Waals surface area contributed by atoms with Gasteiger partial charge in [-0.25, -0.2) is 4.63 Å². The van der Waals surface area contributed by atoms with Crippen molar-refractivity contribution in [3.05, 3.63) is 35.5 Å². The Bertz CT molecular complexity index is 709. The average molecular weight is 409 g/mol. The Kier molecular flexibility index (Phi) is 8.41. The Morgan fingerprint density at radius 3 is 2.86 bits per heavy atom. The number of ether oxygens (including phenoxy) is 2. The number of aliphatic hydroxyl groups is 1. The summed E-state index contributed by atoms with van der Waals surface area (Å²) in [6.07, 6.45) is -0.489. The molecule has 0 bridgehead atoms. The molecule has 1 atom stereocenters. The molecule has 1 aromatic heterocycles. The van der Waals surface area contributed by atoms with Gasteiger partial charge < -0.3 is 19.9 Å². The number of hydrogen-bond acceptors (Lipinski definition) is 9. The van der Waals surface area contributed by atoms with E-state index >= 15 is 0 Å². The zero-order chi connectivity index (χ0) is 19.6. The van der Waals surface area contributed by atoms with Gasteiger partial charge in [-0.3, -0.25) is 4.90 Å². The first-order chi connectivity index (χ1) is 13.7. The van der Waals surface area contributed by atoms with Crippen molar-refractivity contribution in [1.29, 1.82) is 0 Å². The SMILES string of the molecule is Cc1nonc1OCCNCc1ccccc1OCC(O)CN1CCSCC1. The minimum atomic E-state index is -0.489. The molecular weight excluding hydrogens is 380 g/mol. The van der Waals surface area contributed by atoms with Crippen molar-refractivity contribution in [3.8, 4) is 11.6 Å². The highest BCUT2D eigenvalue weighted by Crippen LogP contribution is 2.18. The van der Waals surface area contributed by atoms with Crippen molar-refractivity contribution in [3.63, 3.8) is 0 Å². The summed E-state index contributed by atoms with van der Waals surface area (Å²) in [5, 5.41) is 21.0. The standard InChI is InChI=1S/C19H28N4O4S/c1-15-19(22-27-21-15)25-9-6-20-12-16-4-2-3-5-18(16)26-14-17(24)13-23-7-10-28-11-8-23/h2-5,17,20,24H,6-14H2,1H3. The van der Waals surface area contributed by atoms with Crippen molar-refractivity contribution < 1.29 is 19.2 Å². The number of aromatic nitrogens is 2. The number of hydrogen-bond donors (Lipinski definition) is 2. The molecule has 1 aliphatic heterocycles. The molecule has 1 unspecified atom stereocenters. The van der Waals surface area contributed by atoms with E-state index < -0.39 is 6.10 Å². The van der Waals surface area contributed by atoms with Gasteiger partial charge >= 0.3 is 0 Å². The lowest BCUT2D eigenvalue weighted by atomic mass is 10.2. The number of aryl methyl sites for hydroxylation is 1. The van der Waals surface area contributed by atoms with Crippen LogP contribution in [0.15, 0.2) is 28.9 Å². The minimum Gasteiger partial charge on any atom is -0.491 e. The number of aliphatic hydroxyl groups excluding tert-OH is 1. The summed E-state index contributed by atoms with van der Waals surface area (Å²) in [4.78, 5) is 2.30. The van der Waals surface area contributed by atoms with Crippen LogP contribution in [0, 0.1) is 6.92 Å². The molecule has 0 saturated carbocycles. The zero-order valence-electron chi connectivity index (χ0n) is 16.2. The first-order valence-electron chi connectivity index (χ1n) is 9.54. The van der Waals surface area contributed by atoms with Crippen LogP contribution in [-0.4, -0.2) is 77.3 Å². The minimum absolute atomic E-state index is 0.294. The normalized spacial score (nSPS) is 16.1. The van der Waals surface area contributed by atoms with Crippen LogP contribution in [-0.2, 0) is 6.54 Å². The highest BCUT2D eigenvalue weighted by atomic mass is 32.2. The van der Waals surface area contributed by atoms with E-state index in [1.807, 2.05) is 36.0 Å². The Balaban J connectivity index is 1.38. The third-order valence-corrected chi connectivity index (χ3v) is 5.36. The van der Waals surface area contributed by atoms with E-state index in [0.717, 1.165) is 35.9 Å². The number of nitrogens with one attached hydrogen (secondary N) is 1. The molecule has 154 valence electrons. The van der Waals surface area contributed by atoms with Gasteiger partial charge in [-0.05, 0) is 18.1 Å². The number of benzene rings is 1. The molecule has 3 rings (SSSR count). The van der Waals surface area contributed by atoms with Crippen molar-refractivity contribution in [1.82, 2.24) is 20.5 Å². The molecule has 8 nitrogen and oxygen atoms in total. The first kappa shape index (κ1) is 20.9. The zero-order valence-corrected chi connectivity index (χ0v) is 17.0. The van der Waals surface area contributed by atoms with Gasteiger partial charge in [-0.1, -0.05) is 23.4 Å². The third-order valence-electron chi connectivity index (χ3n) is 4.42. The summed E-state index contributed by atoms with van der Waals surface area (Å²) >= 11 is 1.97. The van der Waals surface area contributed by atoms with Crippen molar-refractivity contribution in [2.75, 3.05) is 50.9 Å². The van der Waals surface area contributed by atoms with Crippen LogP contribution in [0.25, 0.3) is 0 Å². The second-order valence-corrected chi connectivity index (χ2v) is 7.89. The van der Waals surface area contributed by atoms with Crippen LogP contribution >= 0.6 is 11.8 Å². The number of β-amino-alcohol motifs (C(OH)–C–C–N with tert-alkyl or cyclic N) is 1. The van der Waals surface area contributed by atoms with Gasteiger partial charge in [0.2, 0.25) is 0 Å². The molecule has 1 aromatic carbocycles. The van der Waals surface area contributed by atoms with Gasteiger partial charge in [0.25, 0.3) is 5.88 Å². The summed E-state index contributed by atoms with van der Waals surface area (Å²) in [5.74, 6) is 3.49. The monoisotopic (exact) mass is 408 g/mol. The number of thioether (sulfide) groups is 1. The van der Waals surface area contributed by atoms with E-state index in [1.165, 1.54) is 0 Å². The van der Waals surface area contributed by atoms with Gasteiger partial charge in [0.05, 0.1) is 0 Å². The van der Waals surface area contributed by atoms with Crippen molar-refractivity contribution in [2.24, 2.45) is 0 Å². The van der Waals surface area contributed by atoms with Gasteiger partial charge in [-0.15, -0.1) is 0 Å². The predicted octanol–water partition coefficient (Wildman–Crippen LogP) is 1.34. The second kappa shape index (κ2) is 11.3. The van der Waals surface area contributed by atoms with E-state index in [9.17, 15) is 5.11 Å². The van der Waals surface area contributed by atoms with Gasteiger partial charge in [0.1, 0.15) is 30.8 Å². The van der Waals surface area contributed by atoms with Gasteiger partial charge in [-0.2, -0.15) is 11.8 Å². The van der Waals surface area contributed by atoms with Gasteiger partial charge in [0, 0.05) is 49.8 Å². The quantitative estimate of drug-likeness (QED) is 0.534. The third kappa shape index (κ3) is 6.66. The maximum absolute atomic E-state index is 10.3. The molecule has 9 heteroatoms. The molecule has 1 saturated heterocycles. The molecule has 1 fully saturated rings. The molecule has 1 aliphatic rings. The molecule has 0 aliphatic carbocycles. The van der Waals surface area contributed by atoms with E-state index in [4.69, 9.17) is 9.47 Å². The Morgan fingerprint density at radius 2 is 2.07 bits per heavy atom. The van der Waals surface area contributed by atoms with Gasteiger partial charge in [0.15, 0.2) is 0 Å². The van der Waals surface area contributed by atoms with Crippen LogP contribution < -0.4 is 14.8 Å². The maximum Gasteiger partial charge on any atom is 0.278 e. The number of rotatable bonds is 11. The molecule has 0 spiro atoms. The highest BCUT2D eigenvalue weighted by molar-refractivity contribution is 7.99. The predicted molar refractivity (Wildman–Crippen MR) is 108 cm³/mol. The van der Waals surface area contributed by atoms with Crippen LogP contribution in [0.3, 0.4) is 0 Å². The molecule has 0 radical (unpaired) electrons. The summed E-state index contributed by atoms with van der Waals surface area (Å²) in [6, 6.07) is 7.87. The lowest BCUT2D eigenvalue weighted by molar-refractivity contribution is 0.0711. The molecule has 2 heterocycles. The molecular formula is C19H28N4O4S. The summed E-state index contributed by atoms with van der Waals surface area (Å²) in [5.41, 5.74) is 1.68. The number of para-hydroxylation sites is 1. The number of nitrogens with zero attached hydrogens (tertiary/aromatic N) is 3. The fourth-order valence-corrected chi connectivity index (χ4v) is 3.89. The highest BCUT2D eigenvalue weighted by Gasteiger charge is 2.15. The van der Waals surface area contributed by atoms with E-state index in [-0.39, 0.29) is 0 Å². The van der Waals surface area contributed by atoms with Crippen LogP contribution in [0.4, 0.5) is 0 Å². The fourth-order valence-electron chi connectivity index (χ4n) is 2.91. The summed E-state index contributed by atoms with van der Waals surface area (Å²) in [6.45, 7) is 6.57. The first-order valence-corrected chi connectivity index (χ1v) is 10.7. The fraction of sp³-hybridized carbons (Fsp3) is 0.579. The van der Waals surface area contributed by atoms with E-state index in [2.05, 4.69) is 25.2 Å². The molecule has 0 amide bonds. The molecule has 2 aromatic rings.